The van der Waals surface area contributed by atoms with E-state index in [1.165, 1.54) is 5.56 Å². The Kier molecular flexibility index (Phi) is 4.72. The van der Waals surface area contributed by atoms with Gasteiger partial charge in [-0.3, -0.25) is 10.1 Å². The van der Waals surface area contributed by atoms with E-state index in [1.54, 1.807) is 0 Å². The number of nitrogens with one attached hydrogen (secondary N) is 1. The van der Waals surface area contributed by atoms with Crippen LogP contribution in [0.5, 0.6) is 0 Å². The van der Waals surface area contributed by atoms with Gasteiger partial charge in [0.15, 0.2) is 0 Å². The molecule has 0 radical (unpaired) electrons. The highest BCUT2D eigenvalue weighted by Crippen LogP contribution is 2.40. The molecule has 4 heterocycles. The highest BCUT2D eigenvalue weighted by atomic mass is 16.5. The molecule has 0 bridgehead atoms. The van der Waals surface area contributed by atoms with Crippen molar-refractivity contribution in [1.29, 1.82) is 0 Å². The number of hydrogen-bond acceptors (Lipinski definition) is 6. The van der Waals surface area contributed by atoms with Gasteiger partial charge in [0.2, 0.25) is 11.9 Å². The van der Waals surface area contributed by atoms with Gasteiger partial charge in [-0.05, 0) is 43.2 Å². The molecule has 2 atom stereocenters. The number of likely N-dealkylation sites (tertiary alicyclic amines) is 1. The molecule has 1 aromatic heterocycles. The number of nitrogens with zero attached hydrogens (tertiary/aromatic N) is 3. The second kappa shape index (κ2) is 7.39. The van der Waals surface area contributed by atoms with E-state index in [4.69, 9.17) is 10.5 Å². The molecule has 7 nitrogen and oxygen atoms in total. The third kappa shape index (κ3) is 3.38. The van der Waals surface area contributed by atoms with Gasteiger partial charge < -0.3 is 15.4 Å². The molecule has 3 N–H and O–H groups in total. The summed E-state index contributed by atoms with van der Waals surface area (Å²) in [6.07, 6.45) is 6.00. The summed E-state index contributed by atoms with van der Waals surface area (Å²) in [5.41, 5.74) is 8.70. The number of carbonyl (C=O) groups excluding carboxylic acids is 1. The number of fused-ring (bicyclic) bond motifs is 2. The van der Waals surface area contributed by atoms with Crippen LogP contribution in [0.1, 0.15) is 48.5 Å². The molecule has 29 heavy (non-hydrogen) atoms. The van der Waals surface area contributed by atoms with Crippen molar-refractivity contribution < 1.29 is 9.53 Å². The van der Waals surface area contributed by atoms with Crippen LogP contribution in [0.15, 0.2) is 36.5 Å². The lowest BCUT2D eigenvalue weighted by Gasteiger charge is -2.44. The minimum Gasteiger partial charge on any atom is -0.368 e. The number of aromatic nitrogens is 2. The quantitative estimate of drug-likeness (QED) is 0.810. The second-order valence-electron chi connectivity index (χ2n) is 8.28. The van der Waals surface area contributed by atoms with Crippen LogP contribution in [0, 0.1) is 0 Å². The first-order valence-corrected chi connectivity index (χ1v) is 10.5. The minimum absolute atomic E-state index is 0.105. The Labute approximate surface area is 170 Å². The number of amides is 1. The van der Waals surface area contributed by atoms with Crippen LogP contribution in [0.2, 0.25) is 0 Å². The summed E-state index contributed by atoms with van der Waals surface area (Å²) in [5, 5.41) is 3.54. The minimum atomic E-state index is -0.433. The summed E-state index contributed by atoms with van der Waals surface area (Å²) in [6, 6.07) is 10.5. The number of nitrogens with two attached hydrogens (primary N) is 1. The normalized spacial score (nSPS) is 25.7. The molecule has 2 fully saturated rings. The Morgan fingerprint density at radius 2 is 2.00 bits per heavy atom. The van der Waals surface area contributed by atoms with E-state index in [9.17, 15) is 4.79 Å². The van der Waals surface area contributed by atoms with Gasteiger partial charge >= 0.3 is 0 Å². The molecule has 3 aliphatic heterocycles. The Bertz CT molecular complexity index is 895. The Morgan fingerprint density at radius 1 is 1.21 bits per heavy atom. The molecule has 2 aromatic rings. The Morgan fingerprint density at radius 3 is 2.79 bits per heavy atom. The molecule has 2 saturated heterocycles. The maximum atomic E-state index is 13.1. The van der Waals surface area contributed by atoms with Crippen LogP contribution in [0.3, 0.4) is 0 Å². The van der Waals surface area contributed by atoms with Crippen LogP contribution < -0.4 is 11.1 Å². The van der Waals surface area contributed by atoms with E-state index in [0.717, 1.165) is 43.4 Å². The molecule has 0 unspecified atom stereocenters. The molecule has 1 amide bonds. The van der Waals surface area contributed by atoms with E-state index < -0.39 is 5.60 Å². The molecular formula is C22H27N5O2. The number of ether oxygens (including phenoxy) is 1. The van der Waals surface area contributed by atoms with E-state index in [1.807, 2.05) is 17.2 Å². The van der Waals surface area contributed by atoms with Gasteiger partial charge in [-0.2, -0.15) is 0 Å². The van der Waals surface area contributed by atoms with Crippen molar-refractivity contribution in [3.63, 3.8) is 0 Å². The van der Waals surface area contributed by atoms with E-state index in [-0.39, 0.29) is 23.9 Å². The van der Waals surface area contributed by atoms with Gasteiger partial charge in [-0.1, -0.05) is 30.3 Å². The molecule has 152 valence electrons. The van der Waals surface area contributed by atoms with Crippen molar-refractivity contribution in [3.05, 3.63) is 53.3 Å². The zero-order valence-corrected chi connectivity index (χ0v) is 16.5. The first kappa shape index (κ1) is 18.5. The third-order valence-corrected chi connectivity index (χ3v) is 6.59. The van der Waals surface area contributed by atoms with Crippen LogP contribution in [0.4, 0.5) is 5.95 Å². The monoisotopic (exact) mass is 393 g/mol. The summed E-state index contributed by atoms with van der Waals surface area (Å²) in [5.74, 6) is 0.491. The fraction of sp³-hybridized carbons (Fsp3) is 0.500. The highest BCUT2D eigenvalue weighted by molar-refractivity contribution is 5.82. The van der Waals surface area contributed by atoms with Crippen LogP contribution in [-0.2, 0) is 21.6 Å². The van der Waals surface area contributed by atoms with E-state index in [0.29, 0.717) is 19.7 Å². The van der Waals surface area contributed by atoms with Crippen molar-refractivity contribution in [1.82, 2.24) is 20.2 Å². The van der Waals surface area contributed by atoms with Gasteiger partial charge in [-0.15, -0.1) is 0 Å². The summed E-state index contributed by atoms with van der Waals surface area (Å²) in [6.45, 7) is 2.02. The first-order chi connectivity index (χ1) is 14.1. The smallest absolute Gasteiger partial charge is 0.239 e. The molecular weight excluding hydrogens is 366 g/mol. The predicted molar refractivity (Wildman–Crippen MR) is 109 cm³/mol. The lowest BCUT2D eigenvalue weighted by molar-refractivity contribution is -0.143. The summed E-state index contributed by atoms with van der Waals surface area (Å²) >= 11 is 0. The molecule has 5 rings (SSSR count). The highest BCUT2D eigenvalue weighted by Gasteiger charge is 2.44. The number of nitrogen functional groups attached to an aromatic ring is 1. The van der Waals surface area contributed by atoms with Crippen molar-refractivity contribution in [2.75, 3.05) is 25.4 Å². The lowest BCUT2D eigenvalue weighted by Crippen LogP contribution is -2.52. The summed E-state index contributed by atoms with van der Waals surface area (Å²) in [4.78, 5) is 23.8. The maximum Gasteiger partial charge on any atom is 0.239 e. The molecule has 1 aromatic carbocycles. The lowest BCUT2D eigenvalue weighted by atomic mass is 9.83. The maximum absolute atomic E-state index is 13.1. The number of benzene rings is 1. The molecule has 0 aliphatic carbocycles. The van der Waals surface area contributed by atoms with E-state index >= 15 is 0 Å². The standard InChI is InChI=1S/C22H27N5O2/c23-21-24-14-16-8-13-29-22(19(16)26-21)9-11-27(12-10-22)20(28)18-7-6-17(25-18)15-4-2-1-3-5-15/h1-5,14,17-18,25H,6-13H2,(H2,23,24,26)/t17-,18-/m1/s1. The zero-order chi connectivity index (χ0) is 19.8. The second-order valence-corrected chi connectivity index (χ2v) is 8.28. The SMILES string of the molecule is Nc1ncc2c(n1)C1(CCN(C(=O)[C@H]3CC[C@H](c4ccccc4)N3)CC1)OCC2. The van der Waals surface area contributed by atoms with Crippen LogP contribution in [0.25, 0.3) is 0 Å². The van der Waals surface area contributed by atoms with Gasteiger partial charge in [0.25, 0.3) is 0 Å². The first-order valence-electron chi connectivity index (χ1n) is 10.5. The van der Waals surface area contributed by atoms with Crippen molar-refractivity contribution in [3.8, 4) is 0 Å². The number of rotatable bonds is 2. The van der Waals surface area contributed by atoms with Gasteiger partial charge in [-0.25, -0.2) is 9.97 Å². The van der Waals surface area contributed by atoms with Crippen molar-refractivity contribution >= 4 is 11.9 Å². The molecule has 0 saturated carbocycles. The average Bonchev–Trinajstić information content (AvgIpc) is 3.26. The number of carbonyl (C=O) groups is 1. The van der Waals surface area contributed by atoms with Gasteiger partial charge in [0.1, 0.15) is 5.60 Å². The predicted octanol–water partition coefficient (Wildman–Crippen LogP) is 1.94. The topological polar surface area (TPSA) is 93.4 Å². The summed E-state index contributed by atoms with van der Waals surface area (Å²) < 4.78 is 6.22. The van der Waals surface area contributed by atoms with E-state index in [2.05, 4.69) is 39.6 Å². The van der Waals surface area contributed by atoms with Crippen LogP contribution in [-0.4, -0.2) is 46.5 Å². The summed E-state index contributed by atoms with van der Waals surface area (Å²) in [7, 11) is 0. The van der Waals surface area contributed by atoms with Crippen molar-refractivity contribution in [2.45, 2.75) is 49.8 Å². The van der Waals surface area contributed by atoms with Crippen molar-refractivity contribution in [2.24, 2.45) is 0 Å². The molecule has 1 spiro atoms. The zero-order valence-electron chi connectivity index (χ0n) is 16.5. The molecule has 7 heteroatoms. The van der Waals surface area contributed by atoms with Gasteiger partial charge in [0.05, 0.1) is 18.3 Å². The third-order valence-electron chi connectivity index (χ3n) is 6.59. The van der Waals surface area contributed by atoms with Gasteiger partial charge in [0, 0.05) is 25.3 Å². The number of piperidine rings is 1. The number of anilines is 1. The Hall–Kier alpha value is -2.51. The largest absolute Gasteiger partial charge is 0.368 e. The number of hydrogen-bond donors (Lipinski definition) is 2. The van der Waals surface area contributed by atoms with Crippen LogP contribution >= 0.6 is 0 Å². The fourth-order valence-electron chi connectivity index (χ4n) is 5.00. The Balaban J connectivity index is 1.25. The average molecular weight is 393 g/mol. The fourth-order valence-corrected chi connectivity index (χ4v) is 5.00. The molecule has 3 aliphatic rings.